The summed E-state index contributed by atoms with van der Waals surface area (Å²) in [7, 11) is -3.75. The Morgan fingerprint density at radius 2 is 0.765 bits per heavy atom. The van der Waals surface area contributed by atoms with Gasteiger partial charge in [0.15, 0.2) is 23.0 Å². The molecule has 0 amide bonds. The number of sulfone groups is 1. The molecule has 0 spiro atoms. The molecule has 0 bridgehead atoms. The number of benzene rings is 6. The van der Waals surface area contributed by atoms with Gasteiger partial charge in [-0.2, -0.15) is 0 Å². The van der Waals surface area contributed by atoms with Gasteiger partial charge in [-0.15, -0.1) is 0 Å². The van der Waals surface area contributed by atoms with Gasteiger partial charge in [0.25, 0.3) is 0 Å². The minimum atomic E-state index is -3.75. The molecule has 0 aliphatic rings. The second-order valence-corrected chi connectivity index (χ2v) is 15.9. The van der Waals surface area contributed by atoms with Crippen molar-refractivity contribution >= 4 is 55.8 Å². The normalized spacial score (nSPS) is 12.0. The quantitative estimate of drug-likeness (QED) is 0.114. The lowest BCUT2D eigenvalue weighted by Crippen LogP contribution is -2.25. The Bertz CT molecular complexity index is 2180. The lowest BCUT2D eigenvalue weighted by molar-refractivity contribution is 0.109. The fraction of sp³-hybridized carbons (Fsp3) is 0.143. The van der Waals surface area contributed by atoms with E-state index in [0.29, 0.717) is 17.2 Å². The van der Waals surface area contributed by atoms with Crippen molar-refractivity contribution in [3.63, 3.8) is 0 Å². The summed E-state index contributed by atoms with van der Waals surface area (Å²) in [6, 6.07) is 45.2. The topological polar surface area (TPSA) is 71.1 Å². The molecular formula is C42H36I2O6S. The van der Waals surface area contributed by atoms with Crippen LogP contribution in [0.4, 0.5) is 0 Å². The molecule has 6 nitrogen and oxygen atoms in total. The van der Waals surface area contributed by atoms with Crippen molar-refractivity contribution in [2.45, 2.75) is 48.7 Å². The van der Waals surface area contributed by atoms with Crippen molar-refractivity contribution in [1.82, 2.24) is 0 Å². The fourth-order valence-corrected chi connectivity index (χ4v) is 7.40. The minimum absolute atomic E-state index is 0.185. The Morgan fingerprint density at radius 1 is 0.431 bits per heavy atom. The van der Waals surface area contributed by atoms with E-state index in [4.69, 9.17) is 15.6 Å². The highest BCUT2D eigenvalue weighted by Crippen LogP contribution is 2.34. The second kappa shape index (κ2) is 15.4. The SMILES string of the molecule is CC(C)(OI)c1ccc(-c2ccc(Oc3ccc(S(=O)(=O)c4ccc(C(C)(C)Oc5ccc(-c6ccc(OI)cc6)cc5)cc4)cc3)cc2)cc1. The second-order valence-electron chi connectivity index (χ2n) is 13.0. The van der Waals surface area contributed by atoms with Crippen molar-refractivity contribution < 1.29 is 24.0 Å². The number of ether oxygens (including phenoxy) is 2. The van der Waals surface area contributed by atoms with Gasteiger partial charge in [-0.05, 0) is 134 Å². The van der Waals surface area contributed by atoms with Crippen LogP contribution < -0.4 is 12.5 Å². The molecule has 6 aromatic carbocycles. The molecule has 0 saturated carbocycles. The Balaban J connectivity index is 1.08. The van der Waals surface area contributed by atoms with Crippen LogP contribution in [0.5, 0.6) is 23.0 Å². The molecule has 0 fully saturated rings. The van der Waals surface area contributed by atoms with Crippen LogP contribution in [0.1, 0.15) is 38.8 Å². The first kappa shape index (κ1) is 36.9. The molecule has 260 valence electrons. The average Bonchev–Trinajstić information content (AvgIpc) is 3.16. The summed E-state index contributed by atoms with van der Waals surface area (Å²) < 4.78 is 50.2. The standard InChI is InChI=1S/C42H36I2O6S/c1-41(2,48-37-19-9-31(10-20-37)32-11-21-38(49-43)22-12-32)33-15-25-39(26-16-33)51(45,46)40-27-23-36(24-28-40)47-35-17-7-30(8-18-35)29-5-13-34(14-6-29)42(3,4)50-44/h5-28H,1-4H3. The summed E-state index contributed by atoms with van der Waals surface area (Å²) in [5, 5.41) is 0. The third-order valence-electron chi connectivity index (χ3n) is 8.69. The highest BCUT2D eigenvalue weighted by Gasteiger charge is 2.25. The van der Waals surface area contributed by atoms with Crippen LogP contribution in [-0.2, 0) is 24.1 Å². The summed E-state index contributed by atoms with van der Waals surface area (Å²) in [4.78, 5) is 0.387. The van der Waals surface area contributed by atoms with Crippen molar-refractivity contribution in [1.29, 1.82) is 0 Å². The first-order valence-electron chi connectivity index (χ1n) is 16.2. The zero-order chi connectivity index (χ0) is 36.2. The lowest BCUT2D eigenvalue weighted by Gasteiger charge is -2.27. The van der Waals surface area contributed by atoms with E-state index >= 15 is 0 Å². The first-order valence-corrected chi connectivity index (χ1v) is 19.4. The van der Waals surface area contributed by atoms with Gasteiger partial charge in [0, 0.05) is 0 Å². The maximum absolute atomic E-state index is 13.5. The summed E-state index contributed by atoms with van der Waals surface area (Å²) in [5.41, 5.74) is 5.17. The van der Waals surface area contributed by atoms with Crippen LogP contribution in [0.15, 0.2) is 155 Å². The van der Waals surface area contributed by atoms with Gasteiger partial charge in [0.1, 0.15) is 51.6 Å². The van der Waals surface area contributed by atoms with Crippen LogP contribution in [-0.4, -0.2) is 8.42 Å². The third kappa shape index (κ3) is 8.60. The predicted molar refractivity (Wildman–Crippen MR) is 219 cm³/mol. The maximum atomic E-state index is 13.5. The fourth-order valence-electron chi connectivity index (χ4n) is 5.59. The van der Waals surface area contributed by atoms with E-state index in [0.717, 1.165) is 39.1 Å². The zero-order valence-corrected chi connectivity index (χ0v) is 33.6. The van der Waals surface area contributed by atoms with Crippen molar-refractivity contribution in [3.05, 3.63) is 157 Å². The summed E-state index contributed by atoms with van der Waals surface area (Å²) in [6.07, 6.45) is 0. The van der Waals surface area contributed by atoms with Gasteiger partial charge >= 0.3 is 0 Å². The zero-order valence-electron chi connectivity index (χ0n) is 28.5. The molecule has 0 N–H and O–H groups in total. The number of halogens is 2. The number of hydrogen-bond donors (Lipinski definition) is 0. The van der Waals surface area contributed by atoms with Crippen LogP contribution >= 0.6 is 46.0 Å². The Hall–Kier alpha value is -3.91. The molecule has 51 heavy (non-hydrogen) atoms. The molecule has 0 radical (unpaired) electrons. The van der Waals surface area contributed by atoms with E-state index in [-0.39, 0.29) is 15.4 Å². The summed E-state index contributed by atoms with van der Waals surface area (Å²) in [6.45, 7) is 7.98. The Morgan fingerprint density at radius 3 is 1.20 bits per heavy atom. The molecule has 0 heterocycles. The summed E-state index contributed by atoms with van der Waals surface area (Å²) in [5.74, 6) is 2.70. The minimum Gasteiger partial charge on any atom is -0.483 e. The van der Waals surface area contributed by atoms with E-state index in [1.807, 2.05) is 147 Å². The number of hydrogen-bond acceptors (Lipinski definition) is 6. The van der Waals surface area contributed by atoms with Gasteiger partial charge in [0.05, 0.1) is 15.4 Å². The molecule has 0 unspecified atom stereocenters. The highest BCUT2D eigenvalue weighted by atomic mass is 127. The highest BCUT2D eigenvalue weighted by molar-refractivity contribution is 14.1. The molecule has 9 heteroatoms. The molecule has 0 aliphatic carbocycles. The molecule has 0 saturated heterocycles. The van der Waals surface area contributed by atoms with E-state index in [1.165, 1.54) is 0 Å². The van der Waals surface area contributed by atoms with E-state index in [2.05, 4.69) is 24.3 Å². The monoisotopic (exact) mass is 922 g/mol. The largest absolute Gasteiger partial charge is 0.483 e. The Labute approximate surface area is 328 Å². The van der Waals surface area contributed by atoms with Crippen LogP contribution in [0.25, 0.3) is 22.3 Å². The lowest BCUT2D eigenvalue weighted by atomic mass is 9.95. The molecule has 0 atom stereocenters. The first-order chi connectivity index (χ1) is 24.4. The summed E-state index contributed by atoms with van der Waals surface area (Å²) >= 11 is 3.80. The van der Waals surface area contributed by atoms with E-state index in [9.17, 15) is 8.42 Å². The molecule has 6 rings (SSSR count). The van der Waals surface area contributed by atoms with Gasteiger partial charge in [-0.3, -0.25) is 0 Å². The van der Waals surface area contributed by atoms with E-state index < -0.39 is 15.4 Å². The molecule has 6 aromatic rings. The average molecular weight is 923 g/mol. The van der Waals surface area contributed by atoms with Crippen LogP contribution in [0.3, 0.4) is 0 Å². The number of rotatable bonds is 12. The molecule has 0 aliphatic heterocycles. The Kier molecular flexibility index (Phi) is 11.1. The van der Waals surface area contributed by atoms with Gasteiger partial charge in [-0.1, -0.05) is 72.8 Å². The van der Waals surface area contributed by atoms with Crippen LogP contribution in [0.2, 0.25) is 0 Å². The smallest absolute Gasteiger partial charge is 0.206 e. The van der Waals surface area contributed by atoms with E-state index in [1.54, 1.807) is 48.5 Å². The maximum Gasteiger partial charge on any atom is 0.206 e. The van der Waals surface area contributed by atoms with Crippen LogP contribution in [0, 0.1) is 0 Å². The van der Waals surface area contributed by atoms with Gasteiger partial charge in [-0.25, -0.2) is 8.42 Å². The predicted octanol–water partition coefficient (Wildman–Crippen LogP) is 12.3. The molecular weight excluding hydrogens is 886 g/mol. The molecule has 0 aromatic heterocycles. The third-order valence-corrected chi connectivity index (χ3v) is 12.1. The van der Waals surface area contributed by atoms with Crippen molar-refractivity contribution in [2.24, 2.45) is 0 Å². The van der Waals surface area contributed by atoms with Crippen molar-refractivity contribution in [2.75, 3.05) is 0 Å². The van der Waals surface area contributed by atoms with Crippen molar-refractivity contribution in [3.8, 4) is 45.3 Å². The van der Waals surface area contributed by atoms with Gasteiger partial charge in [0.2, 0.25) is 9.84 Å². The van der Waals surface area contributed by atoms with Gasteiger partial charge < -0.3 is 15.6 Å².